The van der Waals surface area contributed by atoms with Crippen molar-refractivity contribution >= 4 is 22.3 Å². The lowest BCUT2D eigenvalue weighted by Crippen LogP contribution is -2.42. The van der Waals surface area contributed by atoms with Gasteiger partial charge in [0.25, 0.3) is 0 Å². The average molecular weight is 284 g/mol. The van der Waals surface area contributed by atoms with Crippen molar-refractivity contribution in [1.82, 2.24) is 9.88 Å². The molecule has 0 unspecified atom stereocenters. The van der Waals surface area contributed by atoms with Crippen LogP contribution in [0.2, 0.25) is 0 Å². The highest BCUT2D eigenvalue weighted by molar-refractivity contribution is 6.00. The summed E-state index contributed by atoms with van der Waals surface area (Å²) >= 11 is 0. The fraction of sp³-hybridized carbons (Fsp3) is 0.471. The summed E-state index contributed by atoms with van der Waals surface area (Å²) in [7, 11) is 6.33. The van der Waals surface area contributed by atoms with Crippen molar-refractivity contribution in [2.24, 2.45) is 0 Å². The number of piperidine rings is 1. The lowest BCUT2D eigenvalue weighted by molar-refractivity contribution is 0.252. The summed E-state index contributed by atoms with van der Waals surface area (Å²) in [4.78, 5) is 9.49. The first kappa shape index (κ1) is 14.1. The van der Waals surface area contributed by atoms with E-state index in [1.807, 2.05) is 13.2 Å². The van der Waals surface area contributed by atoms with Crippen LogP contribution in [0.25, 0.3) is 10.8 Å². The Morgan fingerprint density at radius 2 is 1.86 bits per heavy atom. The molecule has 1 aliphatic rings. The average Bonchev–Trinajstić information content (AvgIpc) is 2.54. The Morgan fingerprint density at radius 3 is 2.52 bits per heavy atom. The Labute approximate surface area is 126 Å². The van der Waals surface area contributed by atoms with Crippen LogP contribution in [-0.4, -0.2) is 50.2 Å². The van der Waals surface area contributed by atoms with E-state index in [0.29, 0.717) is 6.04 Å². The number of rotatable bonds is 3. The summed E-state index contributed by atoms with van der Waals surface area (Å²) in [5.41, 5.74) is 1.09. The van der Waals surface area contributed by atoms with Gasteiger partial charge in [-0.05, 0) is 33.0 Å². The second-order valence-electron chi connectivity index (χ2n) is 5.94. The fourth-order valence-electron chi connectivity index (χ4n) is 3.21. The van der Waals surface area contributed by atoms with E-state index >= 15 is 0 Å². The Kier molecular flexibility index (Phi) is 3.97. The molecule has 1 N–H and O–H groups in total. The molecule has 0 aliphatic carbocycles. The van der Waals surface area contributed by atoms with E-state index in [1.54, 1.807) is 0 Å². The third-order valence-corrected chi connectivity index (χ3v) is 4.61. The molecule has 4 heteroatoms. The molecule has 0 atom stereocenters. The molecule has 1 aromatic heterocycles. The summed E-state index contributed by atoms with van der Waals surface area (Å²) in [6.45, 7) is 2.34. The molecule has 4 nitrogen and oxygen atoms in total. The van der Waals surface area contributed by atoms with Crippen molar-refractivity contribution in [2.75, 3.05) is 44.4 Å². The van der Waals surface area contributed by atoms with Gasteiger partial charge in [0.2, 0.25) is 0 Å². The van der Waals surface area contributed by atoms with E-state index in [4.69, 9.17) is 4.98 Å². The zero-order valence-corrected chi connectivity index (χ0v) is 13.1. The molecule has 2 aromatic rings. The maximum absolute atomic E-state index is 4.72. The first-order chi connectivity index (χ1) is 10.2. The van der Waals surface area contributed by atoms with Crippen molar-refractivity contribution in [1.29, 1.82) is 0 Å². The quantitative estimate of drug-likeness (QED) is 0.939. The molecule has 1 saturated heterocycles. The van der Waals surface area contributed by atoms with Crippen LogP contribution in [0.3, 0.4) is 0 Å². The minimum atomic E-state index is 0.581. The molecule has 1 fully saturated rings. The minimum Gasteiger partial charge on any atom is -0.386 e. The topological polar surface area (TPSA) is 31.4 Å². The number of nitrogens with one attached hydrogen (secondary N) is 1. The summed E-state index contributed by atoms with van der Waals surface area (Å²) in [5.74, 6) is 1.10. The number of hydrogen-bond acceptors (Lipinski definition) is 4. The number of fused-ring (bicyclic) bond motifs is 1. The zero-order chi connectivity index (χ0) is 14.8. The highest BCUT2D eigenvalue weighted by Crippen LogP contribution is 2.31. The maximum atomic E-state index is 4.72. The van der Waals surface area contributed by atoms with Gasteiger partial charge in [-0.25, -0.2) is 4.98 Å². The van der Waals surface area contributed by atoms with E-state index < -0.39 is 0 Å². The molecule has 21 heavy (non-hydrogen) atoms. The molecule has 2 heterocycles. The number of pyridine rings is 1. The van der Waals surface area contributed by atoms with E-state index in [0.717, 1.165) is 11.5 Å². The third-order valence-electron chi connectivity index (χ3n) is 4.61. The maximum Gasteiger partial charge on any atom is 0.136 e. The molecule has 1 aromatic carbocycles. The van der Waals surface area contributed by atoms with Gasteiger partial charge in [-0.3, -0.25) is 0 Å². The minimum absolute atomic E-state index is 0.581. The largest absolute Gasteiger partial charge is 0.386 e. The van der Waals surface area contributed by atoms with Gasteiger partial charge < -0.3 is 15.1 Å². The third kappa shape index (κ3) is 2.68. The molecule has 0 saturated carbocycles. The van der Waals surface area contributed by atoms with Crippen LogP contribution in [0.1, 0.15) is 12.8 Å². The monoisotopic (exact) mass is 284 g/mol. The van der Waals surface area contributed by atoms with Gasteiger partial charge in [-0.1, -0.05) is 24.3 Å². The predicted octanol–water partition coefficient (Wildman–Crippen LogP) is 2.81. The molecule has 112 valence electrons. The molecule has 0 bridgehead atoms. The van der Waals surface area contributed by atoms with E-state index in [2.05, 4.69) is 53.5 Å². The van der Waals surface area contributed by atoms with Crippen molar-refractivity contribution in [2.45, 2.75) is 18.9 Å². The number of nitrogens with zero attached hydrogens (tertiary/aromatic N) is 3. The molecule has 0 spiro atoms. The van der Waals surface area contributed by atoms with Crippen LogP contribution >= 0.6 is 0 Å². The van der Waals surface area contributed by atoms with Gasteiger partial charge in [0.1, 0.15) is 5.82 Å². The van der Waals surface area contributed by atoms with Crippen molar-refractivity contribution in [3.8, 4) is 0 Å². The highest BCUT2D eigenvalue weighted by Gasteiger charge is 2.22. The Hall–Kier alpha value is -1.81. The number of likely N-dealkylation sites (tertiary alicyclic amines) is 1. The molecule has 1 aliphatic heterocycles. The molecule has 0 amide bonds. The lowest BCUT2D eigenvalue weighted by Gasteiger charge is -2.36. The van der Waals surface area contributed by atoms with E-state index in [1.165, 1.54) is 36.7 Å². The smallest absolute Gasteiger partial charge is 0.136 e. The van der Waals surface area contributed by atoms with Crippen molar-refractivity contribution < 1.29 is 0 Å². The van der Waals surface area contributed by atoms with Crippen LogP contribution in [0.15, 0.2) is 30.5 Å². The van der Waals surface area contributed by atoms with Gasteiger partial charge in [0, 0.05) is 30.9 Å². The Morgan fingerprint density at radius 1 is 1.19 bits per heavy atom. The van der Waals surface area contributed by atoms with Crippen LogP contribution in [0, 0.1) is 0 Å². The first-order valence-electron chi connectivity index (χ1n) is 7.67. The van der Waals surface area contributed by atoms with Gasteiger partial charge in [0.15, 0.2) is 0 Å². The normalized spacial score (nSPS) is 17.1. The van der Waals surface area contributed by atoms with Gasteiger partial charge in [-0.2, -0.15) is 0 Å². The van der Waals surface area contributed by atoms with E-state index in [-0.39, 0.29) is 0 Å². The van der Waals surface area contributed by atoms with Gasteiger partial charge in [0.05, 0.1) is 11.9 Å². The Balaban J connectivity index is 1.96. The summed E-state index contributed by atoms with van der Waals surface area (Å²) in [6, 6.07) is 9.09. The predicted molar refractivity (Wildman–Crippen MR) is 90.2 cm³/mol. The number of anilines is 2. The van der Waals surface area contributed by atoms with Crippen molar-refractivity contribution in [3.63, 3.8) is 0 Å². The SMILES string of the molecule is CNc1cnc(N(C)C2CCN(C)CC2)c2ccccc12. The summed E-state index contributed by atoms with van der Waals surface area (Å²) in [6.07, 6.45) is 4.36. The molecular weight excluding hydrogens is 260 g/mol. The summed E-state index contributed by atoms with van der Waals surface area (Å²) in [5, 5.41) is 5.70. The zero-order valence-electron chi connectivity index (χ0n) is 13.1. The summed E-state index contributed by atoms with van der Waals surface area (Å²) < 4.78 is 0. The first-order valence-corrected chi connectivity index (χ1v) is 7.67. The lowest BCUT2D eigenvalue weighted by atomic mass is 10.0. The van der Waals surface area contributed by atoms with Crippen LogP contribution in [0.5, 0.6) is 0 Å². The van der Waals surface area contributed by atoms with E-state index in [9.17, 15) is 0 Å². The van der Waals surface area contributed by atoms with Crippen LogP contribution < -0.4 is 10.2 Å². The molecular formula is C17H24N4. The second-order valence-corrected chi connectivity index (χ2v) is 5.94. The number of hydrogen-bond donors (Lipinski definition) is 1. The highest BCUT2D eigenvalue weighted by atomic mass is 15.2. The number of aromatic nitrogens is 1. The van der Waals surface area contributed by atoms with Crippen LogP contribution in [-0.2, 0) is 0 Å². The molecule has 3 rings (SSSR count). The van der Waals surface area contributed by atoms with Crippen molar-refractivity contribution in [3.05, 3.63) is 30.5 Å². The van der Waals surface area contributed by atoms with Gasteiger partial charge >= 0.3 is 0 Å². The standard InChI is InChI=1S/C17H24N4/c1-18-16-12-19-17(15-7-5-4-6-14(15)16)21(3)13-8-10-20(2)11-9-13/h4-7,12-13,18H,8-11H2,1-3H3. The molecule has 0 radical (unpaired) electrons. The fourth-order valence-corrected chi connectivity index (χ4v) is 3.21. The Bertz CT molecular complexity index is 617. The van der Waals surface area contributed by atoms with Crippen LogP contribution in [0.4, 0.5) is 11.5 Å². The number of benzene rings is 1. The second kappa shape index (κ2) is 5.90. The van der Waals surface area contributed by atoms with Gasteiger partial charge in [-0.15, -0.1) is 0 Å².